The first-order valence-corrected chi connectivity index (χ1v) is 11.7. The molecule has 0 aliphatic carbocycles. The van der Waals surface area contributed by atoms with Crippen molar-refractivity contribution in [1.82, 2.24) is 14.5 Å². The molecule has 1 aliphatic rings. The van der Waals surface area contributed by atoms with Gasteiger partial charge in [0, 0.05) is 13.1 Å². The predicted molar refractivity (Wildman–Crippen MR) is 134 cm³/mol. The van der Waals surface area contributed by atoms with Crippen LogP contribution in [0.4, 0.5) is 10.5 Å². The molecule has 1 aromatic heterocycles. The van der Waals surface area contributed by atoms with Gasteiger partial charge >= 0.3 is 11.8 Å². The van der Waals surface area contributed by atoms with Gasteiger partial charge in [0.2, 0.25) is 5.91 Å². The van der Waals surface area contributed by atoms with Gasteiger partial charge in [0.05, 0.1) is 34.1 Å². The Bertz CT molecular complexity index is 1410. The predicted octanol–water partition coefficient (Wildman–Crippen LogP) is 3.59. The summed E-state index contributed by atoms with van der Waals surface area (Å²) in [4.78, 5) is 53.7. The Balaban J connectivity index is 1.50. The molecule has 0 saturated carbocycles. The number of para-hydroxylation sites is 1. The second-order valence-corrected chi connectivity index (χ2v) is 9.99. The number of likely N-dealkylation sites (tertiary alicyclic amines) is 1. The number of hydrogen-bond acceptors (Lipinski definition) is 5. The van der Waals surface area contributed by atoms with Gasteiger partial charge in [0.15, 0.2) is 0 Å². The zero-order valence-corrected chi connectivity index (χ0v) is 20.5. The molecule has 2 N–H and O–H groups in total. The van der Waals surface area contributed by atoms with Gasteiger partial charge in [-0.1, -0.05) is 29.8 Å². The Morgan fingerprint density at radius 2 is 1.91 bits per heavy atom. The molecule has 0 unspecified atom stereocenters. The van der Waals surface area contributed by atoms with Gasteiger partial charge in [-0.2, -0.15) is 0 Å². The van der Waals surface area contributed by atoms with E-state index in [1.807, 2.05) is 0 Å². The number of H-pyrrole nitrogens is 1. The van der Waals surface area contributed by atoms with Crippen LogP contribution >= 0.6 is 11.6 Å². The zero-order chi connectivity index (χ0) is 25.3. The fraction of sp³-hybridized carbons (Fsp3) is 0.360. The second kappa shape index (κ2) is 9.58. The van der Waals surface area contributed by atoms with Gasteiger partial charge < -0.3 is 15.0 Å². The molecule has 0 bridgehead atoms. The first-order valence-electron chi connectivity index (χ1n) is 11.3. The topological polar surface area (TPSA) is 114 Å². The fourth-order valence-corrected chi connectivity index (χ4v) is 4.21. The van der Waals surface area contributed by atoms with Gasteiger partial charge in [-0.25, -0.2) is 9.59 Å². The lowest BCUT2D eigenvalue weighted by atomic mass is 10.1. The number of carbonyl (C=O) groups excluding carboxylic acids is 2. The van der Waals surface area contributed by atoms with Crippen molar-refractivity contribution in [3.63, 3.8) is 0 Å². The molecule has 1 fully saturated rings. The van der Waals surface area contributed by atoms with E-state index in [0.717, 1.165) is 0 Å². The van der Waals surface area contributed by atoms with Crippen molar-refractivity contribution in [2.24, 2.45) is 5.92 Å². The van der Waals surface area contributed by atoms with Gasteiger partial charge in [0.1, 0.15) is 5.60 Å². The van der Waals surface area contributed by atoms with E-state index < -0.39 is 28.9 Å². The standard InChI is InChI=1S/C25H27ClN4O5/c1-25(2,3)35-24(34)29-11-10-16(14-29)21(31)27-19-12-15(8-9-18(19)26)13-30-20-7-5-4-6-17(20)22(32)28-23(30)33/h4-9,12,16H,10-11,13-14H2,1-3H3,(H,27,31)(H,28,32,33)/t16-/m0/s1. The molecule has 4 rings (SSSR count). The number of anilines is 1. The van der Waals surface area contributed by atoms with Gasteiger partial charge in [-0.05, 0) is 57.0 Å². The number of fused-ring (bicyclic) bond motifs is 1. The van der Waals surface area contributed by atoms with Gasteiger partial charge in [-0.3, -0.25) is 19.1 Å². The van der Waals surface area contributed by atoms with Crippen molar-refractivity contribution in [2.75, 3.05) is 18.4 Å². The number of halogens is 1. The molecule has 0 radical (unpaired) electrons. The zero-order valence-electron chi connectivity index (χ0n) is 19.8. The van der Waals surface area contributed by atoms with Crippen molar-refractivity contribution in [2.45, 2.75) is 39.3 Å². The molecule has 1 aliphatic heterocycles. The highest BCUT2D eigenvalue weighted by molar-refractivity contribution is 6.33. The van der Waals surface area contributed by atoms with Crippen LogP contribution in [0, 0.1) is 5.92 Å². The number of hydrogen-bond donors (Lipinski definition) is 2. The number of aromatic amines is 1. The highest BCUT2D eigenvalue weighted by atomic mass is 35.5. The lowest BCUT2D eigenvalue weighted by molar-refractivity contribution is -0.119. The Hall–Kier alpha value is -3.59. The third-order valence-corrected chi connectivity index (χ3v) is 6.07. The Morgan fingerprint density at radius 3 is 2.66 bits per heavy atom. The Kier molecular flexibility index (Phi) is 6.71. The molecule has 2 heterocycles. The molecule has 0 spiro atoms. The summed E-state index contributed by atoms with van der Waals surface area (Å²) in [5.41, 5.74) is 0.0579. The molecule has 9 nitrogen and oxygen atoms in total. The highest BCUT2D eigenvalue weighted by Crippen LogP contribution is 2.26. The molecular weight excluding hydrogens is 472 g/mol. The SMILES string of the molecule is CC(C)(C)OC(=O)N1CC[C@H](C(=O)Nc2cc(Cn3c(=O)[nH]c(=O)c4ccccc43)ccc2Cl)C1. The molecule has 1 atom stereocenters. The molecule has 35 heavy (non-hydrogen) atoms. The number of carbonyl (C=O) groups is 2. The summed E-state index contributed by atoms with van der Waals surface area (Å²) in [5, 5.41) is 3.61. The van der Waals surface area contributed by atoms with E-state index in [-0.39, 0.29) is 19.0 Å². The Labute approximate surface area is 206 Å². The molecule has 10 heteroatoms. The molecule has 2 aromatic carbocycles. The van der Waals surface area contributed by atoms with Crippen LogP contribution in [-0.2, 0) is 16.1 Å². The molecule has 1 saturated heterocycles. The molecular formula is C25H27ClN4O5. The number of rotatable bonds is 4. The van der Waals surface area contributed by atoms with E-state index >= 15 is 0 Å². The summed E-state index contributed by atoms with van der Waals surface area (Å²) in [7, 11) is 0. The number of aromatic nitrogens is 2. The third-order valence-electron chi connectivity index (χ3n) is 5.75. The number of nitrogens with one attached hydrogen (secondary N) is 2. The second-order valence-electron chi connectivity index (χ2n) is 9.58. The summed E-state index contributed by atoms with van der Waals surface area (Å²) < 4.78 is 6.85. The van der Waals surface area contributed by atoms with Crippen LogP contribution in [0.15, 0.2) is 52.1 Å². The maximum Gasteiger partial charge on any atom is 0.410 e. The quantitative estimate of drug-likeness (QED) is 0.570. The summed E-state index contributed by atoms with van der Waals surface area (Å²) >= 11 is 6.33. The molecule has 2 amide bonds. The largest absolute Gasteiger partial charge is 0.444 e. The maximum absolute atomic E-state index is 12.9. The van der Waals surface area contributed by atoms with Gasteiger partial charge in [0.25, 0.3) is 5.56 Å². The highest BCUT2D eigenvalue weighted by Gasteiger charge is 2.33. The first-order chi connectivity index (χ1) is 16.5. The van der Waals surface area contributed by atoms with Gasteiger partial charge in [-0.15, -0.1) is 0 Å². The fourth-order valence-electron chi connectivity index (χ4n) is 4.05. The number of ether oxygens (including phenoxy) is 1. The van der Waals surface area contributed by atoms with Crippen molar-refractivity contribution >= 4 is 40.2 Å². The summed E-state index contributed by atoms with van der Waals surface area (Å²) in [6, 6.07) is 12.0. The van der Waals surface area contributed by atoms with E-state index in [0.29, 0.717) is 40.1 Å². The minimum atomic E-state index is -0.607. The third kappa shape index (κ3) is 5.57. The minimum Gasteiger partial charge on any atom is -0.444 e. The van der Waals surface area contributed by atoms with Crippen molar-refractivity contribution in [1.29, 1.82) is 0 Å². The smallest absolute Gasteiger partial charge is 0.410 e. The summed E-state index contributed by atoms with van der Waals surface area (Å²) in [6.45, 7) is 6.25. The average molecular weight is 499 g/mol. The van der Waals surface area contributed by atoms with Crippen LogP contribution in [0.2, 0.25) is 5.02 Å². The van der Waals surface area contributed by atoms with Crippen LogP contribution in [0.5, 0.6) is 0 Å². The van der Waals surface area contributed by atoms with Crippen LogP contribution in [0.1, 0.15) is 32.8 Å². The van der Waals surface area contributed by atoms with E-state index in [4.69, 9.17) is 16.3 Å². The summed E-state index contributed by atoms with van der Waals surface area (Å²) in [5.74, 6) is -0.644. The average Bonchev–Trinajstić information content (AvgIpc) is 3.28. The molecule has 184 valence electrons. The number of amides is 2. The van der Waals surface area contributed by atoms with E-state index in [1.54, 1.807) is 63.2 Å². The van der Waals surface area contributed by atoms with E-state index in [9.17, 15) is 19.2 Å². The number of nitrogens with zero attached hydrogens (tertiary/aromatic N) is 2. The molecule has 3 aromatic rings. The van der Waals surface area contributed by atoms with E-state index in [2.05, 4.69) is 10.3 Å². The monoisotopic (exact) mass is 498 g/mol. The van der Waals surface area contributed by atoms with Crippen LogP contribution in [-0.4, -0.2) is 45.1 Å². The minimum absolute atomic E-state index is 0.173. The van der Waals surface area contributed by atoms with Crippen LogP contribution in [0.3, 0.4) is 0 Å². The Morgan fingerprint density at radius 1 is 1.17 bits per heavy atom. The van der Waals surface area contributed by atoms with Crippen LogP contribution < -0.4 is 16.6 Å². The first kappa shape index (κ1) is 24.5. The van der Waals surface area contributed by atoms with E-state index in [1.165, 1.54) is 9.47 Å². The lowest BCUT2D eigenvalue weighted by Crippen LogP contribution is -2.36. The number of benzene rings is 2. The maximum atomic E-state index is 12.9. The van der Waals surface area contributed by atoms with Crippen molar-refractivity contribution in [3.8, 4) is 0 Å². The summed E-state index contributed by atoms with van der Waals surface area (Å²) in [6.07, 6.45) is 0.0765. The van der Waals surface area contributed by atoms with Crippen molar-refractivity contribution < 1.29 is 14.3 Å². The van der Waals surface area contributed by atoms with Crippen LogP contribution in [0.25, 0.3) is 10.9 Å². The normalized spacial score (nSPS) is 15.9. The lowest BCUT2D eigenvalue weighted by Gasteiger charge is -2.24. The van der Waals surface area contributed by atoms with Crippen molar-refractivity contribution in [3.05, 3.63) is 73.9 Å².